The lowest BCUT2D eigenvalue weighted by Crippen LogP contribution is -2.61. The first-order valence-electron chi connectivity index (χ1n) is 32.9. The van der Waals surface area contributed by atoms with Crippen LogP contribution in [0.2, 0.25) is 0 Å². The Labute approximate surface area is 481 Å². The third-order valence-electron chi connectivity index (χ3n) is 15.9. The van der Waals surface area contributed by atoms with Crippen molar-refractivity contribution in [1.82, 2.24) is 0 Å². The van der Waals surface area contributed by atoms with Gasteiger partial charge in [-0.1, -0.05) is 237 Å². The first-order chi connectivity index (χ1) is 38.6. The van der Waals surface area contributed by atoms with E-state index < -0.39 is 80.7 Å². The molecule has 2 aliphatic rings. The summed E-state index contributed by atoms with van der Waals surface area (Å²) in [7, 11) is 0. The Bertz CT molecular complexity index is 1400. The van der Waals surface area contributed by atoms with Crippen LogP contribution in [-0.2, 0) is 33.2 Å². The number of esters is 1. The number of hydrogen-bond donors (Lipinski definition) is 7. The first-order valence-corrected chi connectivity index (χ1v) is 32.9. The van der Waals surface area contributed by atoms with E-state index in [4.69, 9.17) is 28.4 Å². The van der Waals surface area contributed by atoms with Gasteiger partial charge < -0.3 is 64.2 Å². The molecule has 0 saturated carbocycles. The molecule has 2 saturated heterocycles. The largest absolute Gasteiger partial charge is 0.457 e. The van der Waals surface area contributed by atoms with E-state index in [1.807, 2.05) is 0 Å². The molecular weight excluding hydrogens is 1000 g/mol. The van der Waals surface area contributed by atoms with Crippen molar-refractivity contribution in [1.29, 1.82) is 0 Å². The summed E-state index contributed by atoms with van der Waals surface area (Å²) >= 11 is 0. The molecule has 0 aromatic heterocycles. The number of carbonyl (C=O) groups is 1. The molecule has 0 radical (unpaired) electrons. The Kier molecular flexibility index (Phi) is 48.5. The van der Waals surface area contributed by atoms with Gasteiger partial charge in [0.1, 0.15) is 54.9 Å². The lowest BCUT2D eigenvalue weighted by molar-refractivity contribution is -0.332. The summed E-state index contributed by atoms with van der Waals surface area (Å²) in [5.41, 5.74) is 0. The molecule has 11 unspecified atom stereocenters. The number of hydrogen-bond acceptors (Lipinski definition) is 14. The van der Waals surface area contributed by atoms with Gasteiger partial charge in [-0.25, -0.2) is 0 Å². The monoisotopic (exact) mass is 1130 g/mol. The van der Waals surface area contributed by atoms with Crippen molar-refractivity contribution in [2.75, 3.05) is 33.0 Å². The highest BCUT2D eigenvalue weighted by atomic mass is 16.7. The first kappa shape index (κ1) is 73.6. The molecule has 14 heteroatoms. The predicted octanol–water partition coefficient (Wildman–Crippen LogP) is 13.1. The van der Waals surface area contributed by atoms with Crippen LogP contribution in [-0.4, -0.2) is 142 Å². The molecule has 0 aliphatic carbocycles. The molecule has 0 spiro atoms. The van der Waals surface area contributed by atoms with Crippen molar-refractivity contribution in [3.05, 3.63) is 24.3 Å². The zero-order chi connectivity index (χ0) is 57.2. The van der Waals surface area contributed by atoms with Gasteiger partial charge in [0.25, 0.3) is 0 Å². The van der Waals surface area contributed by atoms with Crippen LogP contribution in [0.25, 0.3) is 0 Å². The molecule has 7 N–H and O–H groups in total. The minimum atomic E-state index is -1.71. The smallest absolute Gasteiger partial charge is 0.306 e. The topological polar surface area (TPSA) is 214 Å². The van der Waals surface area contributed by atoms with E-state index in [1.54, 1.807) is 0 Å². The molecule has 0 aromatic carbocycles. The van der Waals surface area contributed by atoms with E-state index in [-0.39, 0.29) is 25.6 Å². The number of allylic oxidation sites excluding steroid dienone is 4. The lowest BCUT2D eigenvalue weighted by atomic mass is 9.98. The molecular formula is C65H122O14. The molecule has 0 aromatic rings. The Morgan fingerprint density at radius 2 is 0.747 bits per heavy atom. The van der Waals surface area contributed by atoms with Gasteiger partial charge in [0.05, 0.1) is 26.4 Å². The highest BCUT2D eigenvalue weighted by Gasteiger charge is 2.47. The SMILES string of the molecule is CCCCCCCCCC/C=C\CCCCCCCCCCCCCCOCC(COC1OC(COC2OC(CO)C(O)C(O)C2O)C(O)C(O)C1O)OC(=O)CCCCCCCCCCC/C=C\CCCCCCCCCC. The normalized spacial score (nSPS) is 24.1. The zero-order valence-corrected chi connectivity index (χ0v) is 50.4. The van der Waals surface area contributed by atoms with Crippen molar-refractivity contribution in [2.45, 2.75) is 351 Å². The molecule has 0 amide bonds. The van der Waals surface area contributed by atoms with Crippen LogP contribution in [0.4, 0.5) is 0 Å². The minimum Gasteiger partial charge on any atom is -0.457 e. The molecule has 2 aliphatic heterocycles. The summed E-state index contributed by atoms with van der Waals surface area (Å²) in [6.45, 7) is 3.75. The highest BCUT2D eigenvalue weighted by Crippen LogP contribution is 2.27. The number of aliphatic hydroxyl groups is 7. The van der Waals surface area contributed by atoms with Gasteiger partial charge in [-0.2, -0.15) is 0 Å². The van der Waals surface area contributed by atoms with Crippen LogP contribution in [0.1, 0.15) is 284 Å². The molecule has 2 rings (SSSR count). The van der Waals surface area contributed by atoms with Crippen LogP contribution < -0.4 is 0 Å². The van der Waals surface area contributed by atoms with Crippen molar-refractivity contribution in [2.24, 2.45) is 0 Å². The Hall–Kier alpha value is -1.53. The van der Waals surface area contributed by atoms with Gasteiger partial charge in [0, 0.05) is 13.0 Å². The zero-order valence-electron chi connectivity index (χ0n) is 50.4. The van der Waals surface area contributed by atoms with Gasteiger partial charge in [-0.15, -0.1) is 0 Å². The fourth-order valence-corrected chi connectivity index (χ4v) is 10.6. The van der Waals surface area contributed by atoms with Crippen molar-refractivity contribution in [3.63, 3.8) is 0 Å². The van der Waals surface area contributed by atoms with Crippen LogP contribution in [0.3, 0.4) is 0 Å². The quantitative estimate of drug-likeness (QED) is 0.0172. The van der Waals surface area contributed by atoms with Crippen LogP contribution in [0.5, 0.6) is 0 Å². The number of rotatable bonds is 55. The number of ether oxygens (including phenoxy) is 6. The summed E-state index contributed by atoms with van der Waals surface area (Å²) in [6, 6.07) is 0. The van der Waals surface area contributed by atoms with E-state index in [2.05, 4.69) is 38.2 Å². The fourth-order valence-electron chi connectivity index (χ4n) is 10.6. The summed E-state index contributed by atoms with van der Waals surface area (Å²) in [5, 5.41) is 72.5. The average Bonchev–Trinajstić information content (AvgIpc) is 3.46. The van der Waals surface area contributed by atoms with E-state index in [0.29, 0.717) is 13.0 Å². The lowest BCUT2D eigenvalue weighted by Gasteiger charge is -2.42. The maximum Gasteiger partial charge on any atom is 0.306 e. The second-order valence-corrected chi connectivity index (χ2v) is 23.3. The van der Waals surface area contributed by atoms with Crippen LogP contribution in [0.15, 0.2) is 24.3 Å². The Balaban J connectivity index is 1.66. The standard InChI is InChI=1S/C65H122O14/c1-3-5-7-9-11-13-15-17-19-21-23-25-26-27-29-31-33-35-37-39-41-43-45-47-49-74-51-54(52-75-64-63(73)61(71)59(69)56(79-64)53-76-65-62(72)60(70)58(68)55(50-66)78-65)77-57(67)48-46-44-42-40-38-36-34-32-30-28-24-22-20-18-16-14-12-10-8-6-4-2/h21-24,54-56,58-66,68-73H,3-20,25-53H2,1-2H3/b23-21-,24-22-. The van der Waals surface area contributed by atoms with Gasteiger partial charge in [0.15, 0.2) is 12.6 Å². The van der Waals surface area contributed by atoms with Crippen molar-refractivity contribution in [3.8, 4) is 0 Å². The fraction of sp³-hybridized carbons (Fsp3) is 0.923. The number of unbranched alkanes of at least 4 members (excludes halogenated alkanes) is 37. The summed E-state index contributed by atoms with van der Waals surface area (Å²) in [5.74, 6) is -0.373. The molecule has 0 bridgehead atoms. The number of carbonyl (C=O) groups excluding carboxylic acids is 1. The van der Waals surface area contributed by atoms with E-state index in [1.165, 1.54) is 218 Å². The van der Waals surface area contributed by atoms with Gasteiger partial charge >= 0.3 is 5.97 Å². The third kappa shape index (κ3) is 38.1. The summed E-state index contributed by atoms with van der Waals surface area (Å²) in [4.78, 5) is 13.1. The maximum absolute atomic E-state index is 13.1. The third-order valence-corrected chi connectivity index (χ3v) is 15.9. The molecule has 466 valence electrons. The van der Waals surface area contributed by atoms with E-state index >= 15 is 0 Å². The molecule has 11 atom stereocenters. The number of aliphatic hydroxyl groups excluding tert-OH is 7. The summed E-state index contributed by atoms with van der Waals surface area (Å²) in [6.07, 6.45) is 45.3. The second-order valence-electron chi connectivity index (χ2n) is 23.3. The van der Waals surface area contributed by atoms with Crippen molar-refractivity contribution < 1.29 is 69.0 Å². The Morgan fingerprint density at radius 3 is 1.15 bits per heavy atom. The van der Waals surface area contributed by atoms with Crippen LogP contribution in [0, 0.1) is 0 Å². The molecule has 79 heavy (non-hydrogen) atoms. The molecule has 14 nitrogen and oxygen atoms in total. The molecule has 2 fully saturated rings. The van der Waals surface area contributed by atoms with Gasteiger partial charge in [-0.3, -0.25) is 4.79 Å². The Morgan fingerprint density at radius 1 is 0.405 bits per heavy atom. The summed E-state index contributed by atoms with van der Waals surface area (Å²) < 4.78 is 34.5. The second kappa shape index (κ2) is 52.1. The maximum atomic E-state index is 13.1. The highest BCUT2D eigenvalue weighted by molar-refractivity contribution is 5.69. The molecule has 2 heterocycles. The van der Waals surface area contributed by atoms with E-state index in [0.717, 1.165) is 38.5 Å². The van der Waals surface area contributed by atoms with E-state index in [9.17, 15) is 40.5 Å². The van der Waals surface area contributed by atoms with Gasteiger partial charge in [0.2, 0.25) is 0 Å². The van der Waals surface area contributed by atoms with Crippen LogP contribution >= 0.6 is 0 Å². The van der Waals surface area contributed by atoms with Crippen molar-refractivity contribution >= 4 is 5.97 Å². The minimum absolute atomic E-state index is 0.0645. The van der Waals surface area contributed by atoms with Gasteiger partial charge in [-0.05, 0) is 64.2 Å². The average molecular weight is 1130 g/mol. The predicted molar refractivity (Wildman–Crippen MR) is 317 cm³/mol.